The second-order valence-electron chi connectivity index (χ2n) is 15.7. The van der Waals surface area contributed by atoms with E-state index in [1.165, 1.54) is 12.1 Å². The Hall–Kier alpha value is -5.79. The summed E-state index contributed by atoms with van der Waals surface area (Å²) in [5.41, 5.74) is 4.28. The van der Waals surface area contributed by atoms with E-state index in [0.29, 0.717) is 50.8 Å². The molecule has 0 aliphatic carbocycles. The molecule has 5 aromatic rings. The maximum atomic E-state index is 14.8. The fourth-order valence-electron chi connectivity index (χ4n) is 7.24. The van der Waals surface area contributed by atoms with Gasteiger partial charge in [0.05, 0.1) is 42.2 Å². The van der Waals surface area contributed by atoms with E-state index in [-0.39, 0.29) is 44.1 Å². The van der Waals surface area contributed by atoms with Gasteiger partial charge in [-0.15, -0.1) is 0 Å². The van der Waals surface area contributed by atoms with Crippen LogP contribution in [0.15, 0.2) is 109 Å². The number of carboxylic acid groups (broad SMARTS) is 1. The quantitative estimate of drug-likeness (QED) is 0.0288. The van der Waals surface area contributed by atoms with Gasteiger partial charge in [0.1, 0.15) is 17.6 Å². The highest BCUT2D eigenvalue weighted by atomic mass is 31.2. The topological polar surface area (TPSA) is 188 Å². The number of esters is 1. The smallest absolute Gasteiger partial charge is 0.323 e. The van der Waals surface area contributed by atoms with E-state index in [1.54, 1.807) is 87.5 Å². The first-order chi connectivity index (χ1) is 29.5. The fraction of sp³-hybridized carbons (Fsp3) is 0.340. The van der Waals surface area contributed by atoms with Crippen LogP contribution >= 0.6 is 7.52 Å². The number of carboxylic acids is 1. The Kier molecular flexibility index (Phi) is 16.6. The molecule has 0 aliphatic heterocycles. The number of rotatable bonds is 22. The lowest BCUT2D eigenvalue weighted by Crippen LogP contribution is -2.37. The summed E-state index contributed by atoms with van der Waals surface area (Å²) in [4.78, 5) is 38.8. The van der Waals surface area contributed by atoms with Crippen molar-refractivity contribution in [2.75, 3.05) is 23.3 Å². The monoisotopic (exact) mass is 870 g/mol. The van der Waals surface area contributed by atoms with E-state index >= 15 is 0 Å². The molecule has 1 aromatic heterocycles. The Balaban J connectivity index is 1.62. The van der Waals surface area contributed by atoms with Gasteiger partial charge in [0.2, 0.25) is 0 Å². The zero-order valence-electron chi connectivity index (χ0n) is 35.6. The number of aromatic nitrogens is 1. The molecule has 0 bridgehead atoms. The standard InChI is InChI=1S/C47H56FN4O9P/c1-30(2)44-43(46(57)50-35-14-8-6-9-15-35)42(45(33-20-22-34(48)23-21-33)52(44)26-24-36(53)28-37(54)29-41(55)56)39-18-12-13-19-40(39)49-25-27-62(59,61-38-16-10-7-11-17-38)51-32(5)47(58)60-31(3)4/h6-23,30-32,36-37,49,53-54H,24-29H2,1-5H3,(H,50,57)(H,51,59)(H,55,56)/t32-,36+,37+,62?/m0/s1. The third kappa shape index (κ3) is 12.9. The van der Waals surface area contributed by atoms with E-state index in [1.807, 2.05) is 48.7 Å². The molecule has 0 spiro atoms. The second-order valence-corrected chi connectivity index (χ2v) is 17.9. The predicted molar refractivity (Wildman–Crippen MR) is 239 cm³/mol. The van der Waals surface area contributed by atoms with Crippen molar-refractivity contribution in [1.82, 2.24) is 9.65 Å². The summed E-state index contributed by atoms with van der Waals surface area (Å²) in [5.74, 6) is -2.59. The molecule has 4 aromatic carbocycles. The average molecular weight is 871 g/mol. The number of ether oxygens (including phenoxy) is 1. The first kappa shape index (κ1) is 47.3. The lowest BCUT2D eigenvalue weighted by Gasteiger charge is -2.24. The lowest BCUT2D eigenvalue weighted by atomic mass is 9.93. The molecule has 5 rings (SSSR count). The van der Waals surface area contributed by atoms with Crippen molar-refractivity contribution in [3.8, 4) is 28.1 Å². The van der Waals surface area contributed by atoms with Gasteiger partial charge in [-0.2, -0.15) is 0 Å². The van der Waals surface area contributed by atoms with Crippen molar-refractivity contribution in [1.29, 1.82) is 0 Å². The first-order valence-corrected chi connectivity index (χ1v) is 22.5. The van der Waals surface area contributed by atoms with Gasteiger partial charge >= 0.3 is 19.5 Å². The molecule has 13 nitrogen and oxygen atoms in total. The van der Waals surface area contributed by atoms with Crippen LogP contribution in [-0.2, 0) is 25.4 Å². The average Bonchev–Trinajstić information content (AvgIpc) is 3.56. The number of aliphatic carboxylic acids is 1. The molecule has 4 atom stereocenters. The first-order valence-electron chi connectivity index (χ1n) is 20.7. The maximum Gasteiger partial charge on any atom is 0.323 e. The second kappa shape index (κ2) is 21.8. The molecule has 0 aliphatic rings. The number of hydrogen-bond donors (Lipinski definition) is 6. The Morgan fingerprint density at radius 2 is 1.45 bits per heavy atom. The number of carbonyl (C=O) groups is 3. The number of amides is 1. The number of carbonyl (C=O) groups excluding carboxylic acids is 2. The summed E-state index contributed by atoms with van der Waals surface area (Å²) < 4.78 is 42.4. The highest BCUT2D eigenvalue weighted by molar-refractivity contribution is 7.57. The number of nitrogens with zero attached hydrogens (tertiary/aromatic N) is 1. The molecule has 0 saturated carbocycles. The summed E-state index contributed by atoms with van der Waals surface area (Å²) in [6.07, 6.45) is -3.44. The highest BCUT2D eigenvalue weighted by Crippen LogP contribution is 2.46. The van der Waals surface area contributed by atoms with Crippen LogP contribution < -0.4 is 20.2 Å². The molecular weight excluding hydrogens is 815 g/mol. The van der Waals surface area contributed by atoms with Crippen LogP contribution in [0, 0.1) is 5.82 Å². The largest absolute Gasteiger partial charge is 0.481 e. The van der Waals surface area contributed by atoms with E-state index in [2.05, 4.69) is 15.7 Å². The number of para-hydroxylation sites is 3. The molecule has 15 heteroatoms. The minimum atomic E-state index is -3.79. The van der Waals surface area contributed by atoms with Gasteiger partial charge in [0, 0.05) is 41.3 Å². The molecule has 1 unspecified atom stereocenters. The molecule has 0 radical (unpaired) electrons. The van der Waals surface area contributed by atoms with Gasteiger partial charge in [-0.3, -0.25) is 18.9 Å². The summed E-state index contributed by atoms with van der Waals surface area (Å²) in [6, 6.07) is 29.8. The van der Waals surface area contributed by atoms with Crippen LogP contribution in [-0.4, -0.2) is 74.8 Å². The molecule has 1 amide bonds. The van der Waals surface area contributed by atoms with E-state index in [9.17, 15) is 38.7 Å². The van der Waals surface area contributed by atoms with Crippen LogP contribution in [0.1, 0.15) is 75.9 Å². The van der Waals surface area contributed by atoms with Gasteiger partial charge in [0.25, 0.3) is 5.91 Å². The van der Waals surface area contributed by atoms with Crippen LogP contribution in [0.5, 0.6) is 5.75 Å². The summed E-state index contributed by atoms with van der Waals surface area (Å²) >= 11 is 0. The molecule has 0 saturated heterocycles. The van der Waals surface area contributed by atoms with Crippen molar-refractivity contribution < 1.29 is 47.9 Å². The zero-order valence-corrected chi connectivity index (χ0v) is 36.5. The van der Waals surface area contributed by atoms with Crippen molar-refractivity contribution in [3.63, 3.8) is 0 Å². The fourth-order valence-corrected chi connectivity index (χ4v) is 9.08. The molecule has 0 fully saturated rings. The van der Waals surface area contributed by atoms with Crippen molar-refractivity contribution >= 4 is 36.7 Å². The number of aliphatic hydroxyl groups excluding tert-OH is 2. The van der Waals surface area contributed by atoms with E-state index in [0.717, 1.165) is 0 Å². The van der Waals surface area contributed by atoms with Gasteiger partial charge in [-0.1, -0.05) is 68.4 Å². The number of nitrogens with one attached hydrogen (secondary N) is 3. The van der Waals surface area contributed by atoms with E-state index in [4.69, 9.17) is 9.26 Å². The van der Waals surface area contributed by atoms with Crippen LogP contribution in [0.3, 0.4) is 0 Å². The van der Waals surface area contributed by atoms with Gasteiger partial charge in [-0.05, 0) is 99.7 Å². The Morgan fingerprint density at radius 3 is 2.08 bits per heavy atom. The maximum absolute atomic E-state index is 14.8. The van der Waals surface area contributed by atoms with Crippen LogP contribution in [0.2, 0.25) is 0 Å². The number of aliphatic hydroxyl groups is 2. The van der Waals surface area contributed by atoms with Crippen LogP contribution in [0.4, 0.5) is 15.8 Å². The molecule has 62 heavy (non-hydrogen) atoms. The van der Waals surface area contributed by atoms with Crippen molar-refractivity contribution in [3.05, 3.63) is 126 Å². The SMILES string of the molecule is CC(C)OC(=O)[C@H](C)NP(=O)(CCNc1ccccc1-c1c(C(=O)Nc2ccccc2)c(C(C)C)n(CC[C@@H](O)C[C@@H](O)CC(=O)O)c1-c1ccc(F)cc1)Oc1ccccc1. The Bertz CT molecular complexity index is 2320. The molecule has 1 heterocycles. The Morgan fingerprint density at radius 1 is 0.823 bits per heavy atom. The normalized spacial score (nSPS) is 13.8. The third-order valence-electron chi connectivity index (χ3n) is 9.88. The molecule has 6 N–H and O–H groups in total. The zero-order chi connectivity index (χ0) is 45.0. The van der Waals surface area contributed by atoms with Gasteiger partial charge in [0.15, 0.2) is 0 Å². The molecular formula is C47H56FN4O9P. The number of anilines is 2. The van der Waals surface area contributed by atoms with E-state index < -0.39 is 55.9 Å². The molecule has 330 valence electrons. The third-order valence-corrected chi connectivity index (χ3v) is 12.0. The minimum absolute atomic E-state index is 0.0778. The summed E-state index contributed by atoms with van der Waals surface area (Å²) in [6.45, 7) is 9.11. The van der Waals surface area contributed by atoms with Crippen molar-refractivity contribution in [2.24, 2.45) is 0 Å². The Labute approximate surface area is 361 Å². The van der Waals surface area contributed by atoms with Gasteiger partial charge in [-0.25, -0.2) is 9.48 Å². The predicted octanol–water partition coefficient (Wildman–Crippen LogP) is 8.93. The lowest BCUT2D eigenvalue weighted by molar-refractivity contribution is -0.149. The summed E-state index contributed by atoms with van der Waals surface area (Å²) in [7, 11) is -3.79. The minimum Gasteiger partial charge on any atom is -0.481 e. The highest BCUT2D eigenvalue weighted by Gasteiger charge is 2.33. The summed E-state index contributed by atoms with van der Waals surface area (Å²) in [5, 5.41) is 39.9. The van der Waals surface area contributed by atoms with Gasteiger partial charge < -0.3 is 39.8 Å². The number of hydrogen-bond acceptors (Lipinski definition) is 9. The number of halogens is 1. The van der Waals surface area contributed by atoms with Crippen LogP contribution in [0.25, 0.3) is 22.4 Å². The number of benzene rings is 4. The van der Waals surface area contributed by atoms with Crippen molar-refractivity contribution in [2.45, 2.75) is 90.7 Å².